The molecule has 1 aromatic carbocycles. The van der Waals surface area contributed by atoms with Crippen LogP contribution in [0.2, 0.25) is 0 Å². The van der Waals surface area contributed by atoms with Crippen molar-refractivity contribution in [1.29, 1.82) is 0 Å². The van der Waals surface area contributed by atoms with Crippen LogP contribution in [-0.2, 0) is 25.8 Å². The zero-order valence-electron chi connectivity index (χ0n) is 25.0. The SMILES string of the molecule is O=C(NC(CC1CCCCC1)C(=O)N([C@H]1CCCNCC1=O)S(=O)(=O)c1ccccn1)c1ccc(-c2cccc(C(F)(F)F)c2)o1. The lowest BCUT2D eigenvalue weighted by molar-refractivity contribution is -0.137. The second-order valence-electron chi connectivity index (χ2n) is 11.6. The Morgan fingerprint density at radius 2 is 1.80 bits per heavy atom. The van der Waals surface area contributed by atoms with E-state index in [4.69, 9.17) is 4.42 Å². The summed E-state index contributed by atoms with van der Waals surface area (Å²) in [6.45, 7) is 0.333. The van der Waals surface area contributed by atoms with Gasteiger partial charge >= 0.3 is 6.18 Å². The molecule has 0 spiro atoms. The summed E-state index contributed by atoms with van der Waals surface area (Å²) in [5.41, 5.74) is -0.792. The van der Waals surface area contributed by atoms with Gasteiger partial charge in [-0.25, -0.2) is 9.29 Å². The summed E-state index contributed by atoms with van der Waals surface area (Å²) in [4.78, 5) is 45.1. The number of nitrogens with zero attached hydrogens (tertiary/aromatic N) is 2. The van der Waals surface area contributed by atoms with E-state index in [0.29, 0.717) is 17.3 Å². The summed E-state index contributed by atoms with van der Waals surface area (Å²) < 4.78 is 74.0. The fourth-order valence-electron chi connectivity index (χ4n) is 6.02. The second-order valence-corrected chi connectivity index (χ2v) is 13.4. The number of rotatable bonds is 9. The van der Waals surface area contributed by atoms with E-state index in [-0.39, 0.29) is 42.4 Å². The average Bonchev–Trinajstić information content (AvgIpc) is 3.46. The number of benzene rings is 1. The van der Waals surface area contributed by atoms with Crippen LogP contribution in [0.5, 0.6) is 0 Å². The molecule has 5 rings (SSSR count). The van der Waals surface area contributed by atoms with Gasteiger partial charge in [-0.3, -0.25) is 14.4 Å². The van der Waals surface area contributed by atoms with Gasteiger partial charge in [-0.15, -0.1) is 0 Å². The number of furan rings is 1. The highest BCUT2D eigenvalue weighted by atomic mass is 32.2. The third-order valence-corrected chi connectivity index (χ3v) is 10.1. The number of hydrogen-bond acceptors (Lipinski definition) is 8. The maximum absolute atomic E-state index is 14.4. The smallest absolute Gasteiger partial charge is 0.416 e. The molecule has 2 aliphatic rings. The first-order valence-corrected chi connectivity index (χ1v) is 16.7. The Bertz CT molecular complexity index is 1660. The molecule has 10 nitrogen and oxygen atoms in total. The van der Waals surface area contributed by atoms with Gasteiger partial charge in [0.2, 0.25) is 0 Å². The molecule has 46 heavy (non-hydrogen) atoms. The molecule has 1 aliphatic carbocycles. The Kier molecular flexibility index (Phi) is 10.3. The van der Waals surface area contributed by atoms with E-state index >= 15 is 0 Å². The van der Waals surface area contributed by atoms with Gasteiger partial charge < -0.3 is 15.1 Å². The van der Waals surface area contributed by atoms with Crippen molar-refractivity contribution in [2.45, 2.75) is 74.7 Å². The van der Waals surface area contributed by atoms with Crippen LogP contribution in [0.1, 0.15) is 67.5 Å². The Morgan fingerprint density at radius 1 is 1.02 bits per heavy atom. The number of hydrogen-bond donors (Lipinski definition) is 2. The molecule has 1 saturated carbocycles. The number of Topliss-reactive ketones (excluding diaryl/α,β-unsaturated/α-hetero) is 1. The minimum atomic E-state index is -4.63. The van der Waals surface area contributed by atoms with Crippen molar-refractivity contribution < 1.29 is 40.4 Å². The van der Waals surface area contributed by atoms with Gasteiger partial charge in [0.25, 0.3) is 21.8 Å². The third kappa shape index (κ3) is 7.66. The van der Waals surface area contributed by atoms with Crippen LogP contribution >= 0.6 is 0 Å². The molecule has 1 aliphatic heterocycles. The Morgan fingerprint density at radius 3 is 2.52 bits per heavy atom. The molecule has 0 radical (unpaired) electrons. The topological polar surface area (TPSA) is 139 Å². The molecule has 2 amide bonds. The number of pyridine rings is 1. The zero-order chi connectivity index (χ0) is 32.9. The van der Waals surface area contributed by atoms with Crippen molar-refractivity contribution in [3.63, 3.8) is 0 Å². The van der Waals surface area contributed by atoms with Crippen molar-refractivity contribution in [3.05, 3.63) is 72.1 Å². The number of carbonyl (C=O) groups excluding carboxylic acids is 3. The van der Waals surface area contributed by atoms with Crippen molar-refractivity contribution in [2.24, 2.45) is 5.92 Å². The third-order valence-electron chi connectivity index (χ3n) is 8.36. The highest BCUT2D eigenvalue weighted by Gasteiger charge is 2.44. The number of ketones is 1. The predicted octanol–water partition coefficient (Wildman–Crippen LogP) is 4.97. The number of nitrogens with one attached hydrogen (secondary N) is 2. The average molecular weight is 661 g/mol. The molecule has 3 heterocycles. The fourth-order valence-corrected chi connectivity index (χ4v) is 7.59. The van der Waals surface area contributed by atoms with Crippen molar-refractivity contribution in [3.8, 4) is 11.3 Å². The number of alkyl halides is 3. The lowest BCUT2D eigenvalue weighted by Gasteiger charge is -2.33. The van der Waals surface area contributed by atoms with E-state index in [9.17, 15) is 36.0 Å². The first-order valence-electron chi connectivity index (χ1n) is 15.3. The number of aromatic nitrogens is 1. The van der Waals surface area contributed by atoms with Gasteiger partial charge in [-0.1, -0.05) is 50.3 Å². The zero-order valence-corrected chi connectivity index (χ0v) is 25.8. The van der Waals surface area contributed by atoms with E-state index < -0.39 is 56.5 Å². The summed E-state index contributed by atoms with van der Waals surface area (Å²) in [6.07, 6.45) is 1.75. The quantitative estimate of drug-likeness (QED) is 0.328. The molecule has 2 fully saturated rings. The molecule has 0 bridgehead atoms. The Hall–Kier alpha value is -4.04. The first kappa shape index (κ1) is 33.3. The highest BCUT2D eigenvalue weighted by molar-refractivity contribution is 7.89. The molecule has 2 atom stereocenters. The van der Waals surface area contributed by atoms with E-state index in [0.717, 1.165) is 44.2 Å². The Balaban J connectivity index is 1.48. The molecule has 2 aromatic heterocycles. The van der Waals surface area contributed by atoms with E-state index in [1.807, 2.05) is 0 Å². The minimum Gasteiger partial charge on any atom is -0.451 e. The van der Waals surface area contributed by atoms with Crippen molar-refractivity contribution in [2.75, 3.05) is 13.1 Å². The van der Waals surface area contributed by atoms with Gasteiger partial charge in [0.1, 0.15) is 17.8 Å². The van der Waals surface area contributed by atoms with Crippen LogP contribution in [0, 0.1) is 5.92 Å². The summed E-state index contributed by atoms with van der Waals surface area (Å²) in [7, 11) is -4.63. The summed E-state index contributed by atoms with van der Waals surface area (Å²) in [6, 6.07) is 8.63. The van der Waals surface area contributed by atoms with Crippen LogP contribution in [0.4, 0.5) is 13.2 Å². The molecule has 1 unspecified atom stereocenters. The van der Waals surface area contributed by atoms with Crippen molar-refractivity contribution >= 4 is 27.6 Å². The van der Waals surface area contributed by atoms with Crippen LogP contribution in [0.3, 0.4) is 0 Å². The number of sulfonamides is 1. The largest absolute Gasteiger partial charge is 0.451 e. The van der Waals surface area contributed by atoms with Crippen LogP contribution in [0.15, 0.2) is 70.2 Å². The molecule has 1 saturated heterocycles. The molecule has 2 N–H and O–H groups in total. The fraction of sp³-hybridized carbons (Fsp3) is 0.438. The lowest BCUT2D eigenvalue weighted by atomic mass is 9.84. The molecular formula is C32H35F3N4O6S. The van der Waals surface area contributed by atoms with Gasteiger partial charge in [-0.05, 0) is 68.1 Å². The van der Waals surface area contributed by atoms with Crippen LogP contribution < -0.4 is 10.6 Å². The van der Waals surface area contributed by atoms with Gasteiger partial charge in [0.15, 0.2) is 16.6 Å². The highest BCUT2D eigenvalue weighted by Crippen LogP contribution is 2.33. The number of halogens is 3. The molecule has 246 valence electrons. The standard InChI is InChI=1S/C32H35F3N4O6S/c33-32(34,35)23-11-6-10-22(19-23)27-14-15-28(45-27)30(41)38-24(18-21-8-2-1-3-9-21)31(42)39(25-12-7-16-36-20-26(25)40)46(43,44)29-13-4-5-17-37-29/h4-6,10-11,13-15,17,19,21,24-25,36H,1-3,7-9,12,16,18,20H2,(H,38,41)/t24?,25-/m0/s1. The monoisotopic (exact) mass is 660 g/mol. The molecular weight excluding hydrogens is 625 g/mol. The summed E-state index contributed by atoms with van der Waals surface area (Å²) in [5.74, 6) is -2.56. The number of carbonyl (C=O) groups is 3. The van der Waals surface area contributed by atoms with Crippen LogP contribution in [-0.4, -0.2) is 60.5 Å². The maximum Gasteiger partial charge on any atom is 0.416 e. The second kappa shape index (κ2) is 14.2. The van der Waals surface area contributed by atoms with Gasteiger partial charge in [0, 0.05) is 11.8 Å². The van der Waals surface area contributed by atoms with Crippen molar-refractivity contribution in [1.82, 2.24) is 19.9 Å². The number of amides is 2. The predicted molar refractivity (Wildman–Crippen MR) is 161 cm³/mol. The van der Waals surface area contributed by atoms with Gasteiger partial charge in [-0.2, -0.15) is 21.6 Å². The maximum atomic E-state index is 14.4. The van der Waals surface area contributed by atoms with E-state index in [1.165, 1.54) is 48.7 Å². The van der Waals surface area contributed by atoms with Gasteiger partial charge in [0.05, 0.1) is 12.1 Å². The summed E-state index contributed by atoms with van der Waals surface area (Å²) >= 11 is 0. The van der Waals surface area contributed by atoms with E-state index in [2.05, 4.69) is 15.6 Å². The van der Waals surface area contributed by atoms with Crippen LogP contribution in [0.25, 0.3) is 11.3 Å². The minimum absolute atomic E-state index is 0.00214. The summed E-state index contributed by atoms with van der Waals surface area (Å²) in [5, 5.41) is 5.17. The normalized spacial score (nSPS) is 18.8. The first-order chi connectivity index (χ1) is 21.9. The van der Waals surface area contributed by atoms with E-state index in [1.54, 1.807) is 0 Å². The molecule has 14 heteroatoms. The molecule has 3 aromatic rings. The Labute approximate surface area is 264 Å². The lowest BCUT2D eigenvalue weighted by Crippen LogP contribution is -2.57.